The van der Waals surface area contributed by atoms with E-state index in [0.717, 1.165) is 14.9 Å². The quantitative estimate of drug-likeness (QED) is 0.696. The van der Waals surface area contributed by atoms with E-state index in [1.165, 1.54) is 27.4 Å². The van der Waals surface area contributed by atoms with Gasteiger partial charge in [0.15, 0.2) is 4.34 Å². The van der Waals surface area contributed by atoms with Crippen molar-refractivity contribution in [2.24, 2.45) is 0 Å². The van der Waals surface area contributed by atoms with E-state index in [1.54, 1.807) is 29.2 Å². The van der Waals surface area contributed by atoms with Gasteiger partial charge in [0.1, 0.15) is 5.01 Å². The van der Waals surface area contributed by atoms with Crippen LogP contribution in [0.5, 0.6) is 0 Å². The molecule has 0 radical (unpaired) electrons. The zero-order chi connectivity index (χ0) is 18.7. The van der Waals surface area contributed by atoms with Gasteiger partial charge in [-0.15, -0.1) is 10.2 Å². The molecule has 140 valence electrons. The second-order valence-corrected chi connectivity index (χ2v) is 10.3. The van der Waals surface area contributed by atoms with Crippen LogP contribution >= 0.6 is 23.1 Å². The van der Waals surface area contributed by atoms with Gasteiger partial charge in [-0.25, -0.2) is 8.42 Å². The average molecular weight is 413 g/mol. The third-order valence-corrected chi connectivity index (χ3v) is 7.95. The van der Waals surface area contributed by atoms with E-state index in [1.807, 2.05) is 13.8 Å². The minimum atomic E-state index is -3.51. The van der Waals surface area contributed by atoms with Gasteiger partial charge < -0.3 is 4.90 Å². The maximum atomic E-state index is 12.7. The lowest BCUT2D eigenvalue weighted by molar-refractivity contribution is -0.129. The average Bonchev–Trinajstić information content (AvgIpc) is 3.05. The first kappa shape index (κ1) is 19.3. The number of piperazine rings is 1. The number of aryl methyl sites for hydroxylation is 2. The van der Waals surface area contributed by atoms with Crippen LogP contribution in [-0.2, 0) is 14.8 Å². The Morgan fingerprint density at radius 1 is 1.12 bits per heavy atom. The fourth-order valence-electron chi connectivity index (χ4n) is 2.59. The van der Waals surface area contributed by atoms with E-state index in [4.69, 9.17) is 0 Å². The van der Waals surface area contributed by atoms with E-state index in [9.17, 15) is 13.2 Å². The Labute approximate surface area is 161 Å². The topological polar surface area (TPSA) is 83.5 Å². The van der Waals surface area contributed by atoms with Gasteiger partial charge in [0.05, 0.1) is 10.6 Å². The number of hydrogen-bond donors (Lipinski definition) is 0. The van der Waals surface area contributed by atoms with Gasteiger partial charge >= 0.3 is 0 Å². The van der Waals surface area contributed by atoms with Crippen LogP contribution in [0, 0.1) is 13.8 Å². The standard InChI is InChI=1S/C16H20N4O3S3/c1-12-3-5-14(6-4-12)26(22,23)20-9-7-19(8-10-20)15(21)11-24-16-18-17-13(2)25-16/h3-6H,7-11H2,1-2H3. The molecule has 1 aliphatic heterocycles. The maximum absolute atomic E-state index is 12.7. The second-order valence-electron chi connectivity index (χ2n) is 5.97. The SMILES string of the molecule is Cc1ccc(S(=O)(=O)N2CCN(C(=O)CSc3nnc(C)s3)CC2)cc1. The maximum Gasteiger partial charge on any atom is 0.243 e. The van der Waals surface area contributed by atoms with Gasteiger partial charge in [-0.1, -0.05) is 40.8 Å². The van der Waals surface area contributed by atoms with Crippen molar-refractivity contribution in [2.45, 2.75) is 23.1 Å². The molecular weight excluding hydrogens is 392 g/mol. The lowest BCUT2D eigenvalue weighted by Crippen LogP contribution is -2.50. The van der Waals surface area contributed by atoms with Crippen molar-refractivity contribution in [3.8, 4) is 0 Å². The number of carbonyl (C=O) groups is 1. The van der Waals surface area contributed by atoms with E-state index in [-0.39, 0.29) is 5.91 Å². The highest BCUT2D eigenvalue weighted by molar-refractivity contribution is 8.01. The molecule has 0 spiro atoms. The second kappa shape index (κ2) is 8.03. The highest BCUT2D eigenvalue weighted by atomic mass is 32.2. The molecule has 26 heavy (non-hydrogen) atoms. The van der Waals surface area contributed by atoms with Gasteiger partial charge in [-0.3, -0.25) is 4.79 Å². The van der Waals surface area contributed by atoms with Crippen LogP contribution in [0.1, 0.15) is 10.6 Å². The van der Waals surface area contributed by atoms with Gasteiger partial charge in [0, 0.05) is 26.2 Å². The smallest absolute Gasteiger partial charge is 0.243 e. The number of carbonyl (C=O) groups excluding carboxylic acids is 1. The number of nitrogens with zero attached hydrogens (tertiary/aromatic N) is 4. The Hall–Kier alpha value is -1.49. The molecule has 0 saturated carbocycles. The highest BCUT2D eigenvalue weighted by Crippen LogP contribution is 2.23. The zero-order valence-corrected chi connectivity index (χ0v) is 17.0. The summed E-state index contributed by atoms with van der Waals surface area (Å²) in [6, 6.07) is 6.84. The fraction of sp³-hybridized carbons (Fsp3) is 0.438. The summed E-state index contributed by atoms with van der Waals surface area (Å²) in [5.41, 5.74) is 1.02. The van der Waals surface area contributed by atoms with Crippen LogP contribution < -0.4 is 0 Å². The normalized spacial score (nSPS) is 16.0. The summed E-state index contributed by atoms with van der Waals surface area (Å²) in [4.78, 5) is 14.3. The lowest BCUT2D eigenvalue weighted by Gasteiger charge is -2.34. The molecular formula is C16H20N4O3S3. The Bertz CT molecular complexity index is 872. The number of benzene rings is 1. The summed E-state index contributed by atoms with van der Waals surface area (Å²) in [7, 11) is -3.51. The minimum absolute atomic E-state index is 0.00441. The Morgan fingerprint density at radius 2 is 1.77 bits per heavy atom. The Morgan fingerprint density at radius 3 is 2.35 bits per heavy atom. The van der Waals surface area contributed by atoms with Crippen LogP contribution in [0.2, 0.25) is 0 Å². The van der Waals surface area contributed by atoms with Crippen molar-refractivity contribution in [1.29, 1.82) is 0 Å². The number of aromatic nitrogens is 2. The fourth-order valence-corrected chi connectivity index (χ4v) is 5.73. The van der Waals surface area contributed by atoms with Crippen LogP contribution in [0.3, 0.4) is 0 Å². The molecule has 3 rings (SSSR count). The van der Waals surface area contributed by atoms with Crippen molar-refractivity contribution < 1.29 is 13.2 Å². The molecule has 1 aliphatic rings. The summed E-state index contributed by atoms with van der Waals surface area (Å²) in [6.07, 6.45) is 0. The number of hydrogen-bond acceptors (Lipinski definition) is 7. The number of amides is 1. The summed E-state index contributed by atoms with van der Waals surface area (Å²) in [5, 5.41) is 8.79. The molecule has 0 unspecified atom stereocenters. The molecule has 0 bridgehead atoms. The molecule has 0 atom stereocenters. The molecule has 1 saturated heterocycles. The summed E-state index contributed by atoms with van der Waals surface area (Å²) in [5.74, 6) is 0.287. The van der Waals surface area contributed by atoms with Crippen molar-refractivity contribution in [1.82, 2.24) is 19.4 Å². The van der Waals surface area contributed by atoms with E-state index in [0.29, 0.717) is 36.8 Å². The van der Waals surface area contributed by atoms with Crippen LogP contribution in [0.15, 0.2) is 33.5 Å². The third-order valence-electron chi connectivity index (χ3n) is 4.08. The number of sulfonamides is 1. The predicted molar refractivity (Wildman–Crippen MR) is 102 cm³/mol. The molecule has 1 amide bonds. The molecule has 10 heteroatoms. The van der Waals surface area contributed by atoms with E-state index >= 15 is 0 Å². The van der Waals surface area contributed by atoms with Crippen LogP contribution in [-0.4, -0.2) is 65.7 Å². The summed E-state index contributed by atoms with van der Waals surface area (Å²) >= 11 is 2.83. The van der Waals surface area contributed by atoms with Crippen molar-refractivity contribution in [3.63, 3.8) is 0 Å². The van der Waals surface area contributed by atoms with Crippen molar-refractivity contribution in [3.05, 3.63) is 34.8 Å². The van der Waals surface area contributed by atoms with Gasteiger partial charge in [0.2, 0.25) is 15.9 Å². The van der Waals surface area contributed by atoms with Crippen molar-refractivity contribution in [2.75, 3.05) is 31.9 Å². The van der Waals surface area contributed by atoms with Gasteiger partial charge in [0.25, 0.3) is 0 Å². The summed E-state index contributed by atoms with van der Waals surface area (Å²) < 4.78 is 27.6. The summed E-state index contributed by atoms with van der Waals surface area (Å²) in [6.45, 7) is 5.22. The first-order valence-electron chi connectivity index (χ1n) is 8.14. The van der Waals surface area contributed by atoms with Gasteiger partial charge in [-0.2, -0.15) is 4.31 Å². The monoisotopic (exact) mass is 412 g/mol. The minimum Gasteiger partial charge on any atom is -0.339 e. The number of rotatable bonds is 5. The lowest BCUT2D eigenvalue weighted by atomic mass is 10.2. The molecule has 7 nitrogen and oxygen atoms in total. The Balaban J connectivity index is 1.54. The molecule has 1 aromatic carbocycles. The third kappa shape index (κ3) is 4.43. The van der Waals surface area contributed by atoms with E-state index < -0.39 is 10.0 Å². The largest absolute Gasteiger partial charge is 0.339 e. The van der Waals surface area contributed by atoms with Gasteiger partial charge in [-0.05, 0) is 26.0 Å². The highest BCUT2D eigenvalue weighted by Gasteiger charge is 2.30. The molecule has 0 aliphatic carbocycles. The van der Waals surface area contributed by atoms with Crippen LogP contribution in [0.25, 0.3) is 0 Å². The van der Waals surface area contributed by atoms with Crippen LogP contribution in [0.4, 0.5) is 0 Å². The molecule has 1 aromatic heterocycles. The molecule has 1 fully saturated rings. The molecule has 2 aromatic rings. The number of thioether (sulfide) groups is 1. The first-order chi connectivity index (χ1) is 12.4. The Kier molecular flexibility index (Phi) is 5.96. The van der Waals surface area contributed by atoms with Crippen molar-refractivity contribution >= 4 is 39.0 Å². The first-order valence-corrected chi connectivity index (χ1v) is 11.4. The predicted octanol–water partition coefficient (Wildman–Crippen LogP) is 1.78. The molecule has 2 heterocycles. The molecule has 0 N–H and O–H groups in total. The van der Waals surface area contributed by atoms with E-state index in [2.05, 4.69) is 10.2 Å². The zero-order valence-electron chi connectivity index (χ0n) is 14.6.